The summed E-state index contributed by atoms with van der Waals surface area (Å²) in [6, 6.07) is 0. The zero-order valence-corrected chi connectivity index (χ0v) is 18.2. The first kappa shape index (κ1) is 20.6. The van der Waals surface area contributed by atoms with Gasteiger partial charge in [-0.1, -0.05) is 19.4 Å². The summed E-state index contributed by atoms with van der Waals surface area (Å²) in [5.74, 6) is 2.25. The van der Waals surface area contributed by atoms with Crippen LogP contribution in [0.1, 0.15) is 85.0 Å². The zero-order chi connectivity index (χ0) is 20.3. The fraction of sp³-hybridized carbons (Fsp3) is 0.880. The van der Waals surface area contributed by atoms with E-state index in [0.29, 0.717) is 29.6 Å². The van der Waals surface area contributed by atoms with Crippen molar-refractivity contribution in [2.24, 2.45) is 40.4 Å². The highest BCUT2D eigenvalue weighted by Crippen LogP contribution is 2.66. The molecule has 3 heteroatoms. The van der Waals surface area contributed by atoms with Gasteiger partial charge in [0.05, 0.1) is 12.2 Å². The molecule has 28 heavy (non-hydrogen) atoms. The number of allylic oxidation sites excluding steroid dienone is 1. The second kappa shape index (κ2) is 7.23. The van der Waals surface area contributed by atoms with Gasteiger partial charge in [0.1, 0.15) is 0 Å². The molecule has 0 saturated heterocycles. The van der Waals surface area contributed by atoms with Crippen molar-refractivity contribution >= 4 is 5.71 Å². The van der Waals surface area contributed by atoms with Gasteiger partial charge in [-0.15, -0.1) is 6.58 Å². The Morgan fingerprint density at radius 3 is 2.61 bits per heavy atom. The van der Waals surface area contributed by atoms with Gasteiger partial charge in [-0.2, -0.15) is 0 Å². The van der Waals surface area contributed by atoms with E-state index in [0.717, 1.165) is 44.2 Å². The summed E-state index contributed by atoms with van der Waals surface area (Å²) in [5, 5.41) is 30.6. The third-order valence-electron chi connectivity index (χ3n) is 9.93. The van der Waals surface area contributed by atoms with Crippen LogP contribution < -0.4 is 0 Å². The molecule has 4 aliphatic carbocycles. The van der Waals surface area contributed by atoms with Crippen LogP contribution >= 0.6 is 0 Å². The maximum Gasteiger partial charge on any atom is 0.0577 e. The summed E-state index contributed by atoms with van der Waals surface area (Å²) in [7, 11) is 0. The molecule has 8 unspecified atom stereocenters. The van der Waals surface area contributed by atoms with Crippen molar-refractivity contribution in [3.8, 4) is 0 Å². The van der Waals surface area contributed by atoms with Crippen molar-refractivity contribution in [2.45, 2.75) is 97.2 Å². The molecule has 158 valence electrons. The summed E-state index contributed by atoms with van der Waals surface area (Å²) in [6.45, 7) is 10.9. The quantitative estimate of drug-likeness (QED) is 0.569. The number of nitrogens with one attached hydrogen (secondary N) is 1. The van der Waals surface area contributed by atoms with Gasteiger partial charge in [0.15, 0.2) is 0 Å². The van der Waals surface area contributed by atoms with Crippen molar-refractivity contribution in [1.29, 1.82) is 5.41 Å². The van der Waals surface area contributed by atoms with E-state index in [1.54, 1.807) is 0 Å². The Morgan fingerprint density at radius 2 is 1.89 bits per heavy atom. The van der Waals surface area contributed by atoms with E-state index in [-0.39, 0.29) is 23.0 Å². The summed E-state index contributed by atoms with van der Waals surface area (Å²) in [4.78, 5) is 0. The summed E-state index contributed by atoms with van der Waals surface area (Å²) in [6.07, 6.45) is 9.95. The topological polar surface area (TPSA) is 64.3 Å². The first-order valence-electron chi connectivity index (χ1n) is 11.8. The molecule has 0 aromatic rings. The van der Waals surface area contributed by atoms with Crippen LogP contribution in [0.15, 0.2) is 12.2 Å². The van der Waals surface area contributed by atoms with Crippen LogP contribution in [0.2, 0.25) is 0 Å². The van der Waals surface area contributed by atoms with Crippen LogP contribution in [-0.4, -0.2) is 28.1 Å². The normalized spacial score (nSPS) is 50.6. The Bertz CT molecular complexity index is 644. The Labute approximate surface area is 171 Å². The molecule has 0 spiro atoms. The zero-order valence-electron chi connectivity index (χ0n) is 18.2. The van der Waals surface area contributed by atoms with Gasteiger partial charge in [-0.05, 0) is 106 Å². The summed E-state index contributed by atoms with van der Waals surface area (Å²) < 4.78 is 0. The number of hydrogen-bond acceptors (Lipinski definition) is 3. The molecule has 4 saturated carbocycles. The number of hydrogen-bond donors (Lipinski definition) is 3. The van der Waals surface area contributed by atoms with E-state index in [1.165, 1.54) is 31.3 Å². The molecule has 0 amide bonds. The van der Waals surface area contributed by atoms with E-state index < -0.39 is 0 Å². The van der Waals surface area contributed by atoms with E-state index in [4.69, 9.17) is 5.41 Å². The summed E-state index contributed by atoms with van der Waals surface area (Å²) >= 11 is 0. The third-order valence-corrected chi connectivity index (χ3v) is 9.93. The molecule has 4 aliphatic rings. The monoisotopic (exact) mass is 387 g/mol. The van der Waals surface area contributed by atoms with Crippen LogP contribution in [0.5, 0.6) is 0 Å². The smallest absolute Gasteiger partial charge is 0.0577 e. The minimum atomic E-state index is -0.250. The second-order valence-corrected chi connectivity index (χ2v) is 11.3. The Kier molecular flexibility index (Phi) is 5.32. The average Bonchev–Trinajstić information content (AvgIpc) is 2.95. The minimum absolute atomic E-state index is 0.0192. The molecule has 0 aromatic heterocycles. The molecule has 9 atom stereocenters. The molecule has 4 fully saturated rings. The third kappa shape index (κ3) is 3.03. The van der Waals surface area contributed by atoms with Gasteiger partial charge >= 0.3 is 0 Å². The van der Waals surface area contributed by atoms with Gasteiger partial charge in [0.2, 0.25) is 0 Å². The molecule has 0 aliphatic heterocycles. The lowest BCUT2D eigenvalue weighted by Crippen LogP contribution is -2.60. The standard InChI is InChI=1S/C25H41NO2/c1-15(2)6-5-7-16-8-9-19-23-20(14-22(26)25(16,19)4)24(3)11-10-18(27)12-17(24)13-21(23)28/h16-21,23,26-28H,1,5-14H2,2-4H3/t16?,17?,18-,19?,20?,21?,23?,24?,25?/m1/s1. The molecule has 0 bridgehead atoms. The molecule has 3 N–H and O–H groups in total. The predicted molar refractivity (Wildman–Crippen MR) is 114 cm³/mol. The fourth-order valence-electron chi connectivity index (χ4n) is 8.20. The molecular formula is C25H41NO2. The van der Waals surface area contributed by atoms with Crippen molar-refractivity contribution < 1.29 is 10.2 Å². The second-order valence-electron chi connectivity index (χ2n) is 11.3. The lowest BCUT2D eigenvalue weighted by molar-refractivity contribution is -0.149. The maximum absolute atomic E-state index is 11.3. The van der Waals surface area contributed by atoms with E-state index in [9.17, 15) is 10.2 Å². The SMILES string of the molecule is C=C(C)CCCC1CCC2C3C(O)CC4C[C@H](O)CCC4(C)C3CC(=N)C12C. The van der Waals surface area contributed by atoms with E-state index >= 15 is 0 Å². The molecule has 3 nitrogen and oxygen atoms in total. The van der Waals surface area contributed by atoms with Crippen molar-refractivity contribution in [3.05, 3.63) is 12.2 Å². The molecule has 4 rings (SSSR count). The molecular weight excluding hydrogens is 346 g/mol. The highest BCUT2D eigenvalue weighted by atomic mass is 16.3. The van der Waals surface area contributed by atoms with Crippen LogP contribution in [0, 0.1) is 45.8 Å². The lowest BCUT2D eigenvalue weighted by Gasteiger charge is -2.62. The lowest BCUT2D eigenvalue weighted by atomic mass is 9.43. The highest BCUT2D eigenvalue weighted by Gasteiger charge is 2.64. The van der Waals surface area contributed by atoms with Crippen LogP contribution in [0.25, 0.3) is 0 Å². The van der Waals surface area contributed by atoms with Crippen LogP contribution in [0.4, 0.5) is 0 Å². The van der Waals surface area contributed by atoms with E-state index in [2.05, 4.69) is 27.4 Å². The van der Waals surface area contributed by atoms with Gasteiger partial charge in [0, 0.05) is 11.1 Å². The van der Waals surface area contributed by atoms with Crippen molar-refractivity contribution in [3.63, 3.8) is 0 Å². The first-order valence-corrected chi connectivity index (χ1v) is 11.8. The Balaban J connectivity index is 1.59. The highest BCUT2D eigenvalue weighted by molar-refractivity contribution is 5.89. The number of aliphatic hydroxyl groups excluding tert-OH is 2. The van der Waals surface area contributed by atoms with Gasteiger partial charge < -0.3 is 15.6 Å². The Morgan fingerprint density at radius 1 is 1.14 bits per heavy atom. The molecule has 0 radical (unpaired) electrons. The largest absolute Gasteiger partial charge is 0.393 e. The molecule has 0 aromatic carbocycles. The van der Waals surface area contributed by atoms with Crippen LogP contribution in [-0.2, 0) is 0 Å². The fourth-order valence-corrected chi connectivity index (χ4v) is 8.20. The minimum Gasteiger partial charge on any atom is -0.393 e. The van der Waals surface area contributed by atoms with Gasteiger partial charge in [0.25, 0.3) is 0 Å². The van der Waals surface area contributed by atoms with Crippen LogP contribution in [0.3, 0.4) is 0 Å². The van der Waals surface area contributed by atoms with Crippen molar-refractivity contribution in [1.82, 2.24) is 0 Å². The number of fused-ring (bicyclic) bond motifs is 5. The molecule has 0 heterocycles. The summed E-state index contributed by atoms with van der Waals surface area (Å²) in [5.41, 5.74) is 2.40. The maximum atomic E-state index is 11.3. The van der Waals surface area contributed by atoms with Gasteiger partial charge in [-0.3, -0.25) is 0 Å². The first-order chi connectivity index (χ1) is 13.2. The number of rotatable bonds is 4. The van der Waals surface area contributed by atoms with E-state index in [1.807, 2.05) is 0 Å². The predicted octanol–water partition coefficient (Wildman–Crippen LogP) is 5.35. The van der Waals surface area contributed by atoms with Crippen molar-refractivity contribution in [2.75, 3.05) is 0 Å². The van der Waals surface area contributed by atoms with Gasteiger partial charge in [-0.25, -0.2) is 0 Å². The average molecular weight is 388 g/mol. The number of aliphatic hydroxyl groups is 2. The Hall–Kier alpha value is -0.670.